The van der Waals surface area contributed by atoms with Gasteiger partial charge in [-0.3, -0.25) is 4.79 Å². The zero-order chi connectivity index (χ0) is 19.5. The first kappa shape index (κ1) is 18.6. The lowest BCUT2D eigenvalue weighted by Crippen LogP contribution is -2.22. The van der Waals surface area contributed by atoms with Crippen molar-refractivity contribution in [2.45, 2.75) is 19.4 Å². The number of hydrogen-bond acceptors (Lipinski definition) is 4. The van der Waals surface area contributed by atoms with Crippen molar-refractivity contribution in [2.24, 2.45) is 0 Å². The number of ether oxygens (including phenoxy) is 2. The number of amides is 1. The molecule has 7 heteroatoms. The van der Waals surface area contributed by atoms with Crippen molar-refractivity contribution < 1.29 is 14.3 Å². The van der Waals surface area contributed by atoms with Crippen molar-refractivity contribution >= 4 is 27.7 Å². The molecule has 1 aliphatic heterocycles. The van der Waals surface area contributed by atoms with E-state index in [0.717, 1.165) is 21.3 Å². The molecule has 2 heterocycles. The maximum atomic E-state index is 12.8. The number of nitrogens with one attached hydrogen (secondary N) is 1. The number of nitrogens with zero attached hydrogens (tertiary/aromatic N) is 2. The van der Waals surface area contributed by atoms with Crippen molar-refractivity contribution in [1.29, 1.82) is 0 Å². The summed E-state index contributed by atoms with van der Waals surface area (Å²) in [5, 5.41) is 7.31. The van der Waals surface area contributed by atoms with Crippen LogP contribution in [0.25, 0.3) is 0 Å². The van der Waals surface area contributed by atoms with E-state index in [0.29, 0.717) is 31.3 Å². The molecule has 0 saturated heterocycles. The zero-order valence-electron chi connectivity index (χ0n) is 15.4. The fourth-order valence-corrected chi connectivity index (χ4v) is 3.31. The van der Waals surface area contributed by atoms with Gasteiger partial charge in [-0.25, -0.2) is 4.68 Å². The maximum absolute atomic E-state index is 12.8. The first-order valence-corrected chi connectivity index (χ1v) is 9.86. The lowest BCUT2D eigenvalue weighted by atomic mass is 9.99. The van der Waals surface area contributed by atoms with E-state index in [1.165, 1.54) is 0 Å². The standard InChI is InChI=1S/C21H20BrN3O3/c1-14(16-4-7-18-19(12-16)28-11-10-27-18)21(26)24-20-8-9-23-25(20)13-15-2-5-17(22)6-3-15/h2-9,12,14H,10-11,13H2,1H3,(H,24,26). The van der Waals surface area contributed by atoms with Crippen molar-refractivity contribution in [3.63, 3.8) is 0 Å². The predicted molar refractivity (Wildman–Crippen MR) is 110 cm³/mol. The van der Waals surface area contributed by atoms with Crippen LogP contribution in [0.15, 0.2) is 59.2 Å². The van der Waals surface area contributed by atoms with Gasteiger partial charge in [0.1, 0.15) is 19.0 Å². The Morgan fingerprint density at radius 1 is 1.14 bits per heavy atom. The molecule has 0 aliphatic carbocycles. The van der Waals surface area contributed by atoms with Gasteiger partial charge in [-0.05, 0) is 42.3 Å². The Balaban J connectivity index is 1.46. The van der Waals surface area contributed by atoms with Gasteiger partial charge in [0, 0.05) is 10.5 Å². The summed E-state index contributed by atoms with van der Waals surface area (Å²) in [4.78, 5) is 12.8. The van der Waals surface area contributed by atoms with E-state index in [2.05, 4.69) is 26.3 Å². The number of halogens is 1. The fraction of sp³-hybridized carbons (Fsp3) is 0.238. The van der Waals surface area contributed by atoms with Crippen LogP contribution >= 0.6 is 15.9 Å². The van der Waals surface area contributed by atoms with Gasteiger partial charge in [-0.15, -0.1) is 0 Å². The molecule has 1 N–H and O–H groups in total. The van der Waals surface area contributed by atoms with E-state index in [1.807, 2.05) is 49.4 Å². The molecule has 1 amide bonds. The molecule has 0 radical (unpaired) electrons. The normalized spacial score (nSPS) is 13.8. The molecule has 1 unspecified atom stereocenters. The quantitative estimate of drug-likeness (QED) is 0.643. The molecular weight excluding hydrogens is 422 g/mol. The summed E-state index contributed by atoms with van der Waals surface area (Å²) in [6.45, 7) is 3.52. The van der Waals surface area contributed by atoms with Gasteiger partial charge >= 0.3 is 0 Å². The number of carbonyl (C=O) groups is 1. The van der Waals surface area contributed by atoms with Crippen LogP contribution in [0.4, 0.5) is 5.82 Å². The molecule has 1 aromatic heterocycles. The number of anilines is 1. The molecule has 1 atom stereocenters. The molecular formula is C21H20BrN3O3. The number of benzene rings is 2. The van der Waals surface area contributed by atoms with Crippen molar-refractivity contribution in [2.75, 3.05) is 18.5 Å². The minimum Gasteiger partial charge on any atom is -0.486 e. The summed E-state index contributed by atoms with van der Waals surface area (Å²) < 4.78 is 14.0. The van der Waals surface area contributed by atoms with Gasteiger partial charge < -0.3 is 14.8 Å². The third-order valence-corrected chi connectivity index (χ3v) is 5.20. The third-order valence-electron chi connectivity index (χ3n) is 4.67. The van der Waals surface area contributed by atoms with E-state index in [1.54, 1.807) is 16.9 Å². The van der Waals surface area contributed by atoms with E-state index in [4.69, 9.17) is 9.47 Å². The minimum atomic E-state index is -0.341. The molecule has 6 nitrogen and oxygen atoms in total. The molecule has 2 aromatic carbocycles. The highest BCUT2D eigenvalue weighted by Gasteiger charge is 2.20. The third kappa shape index (κ3) is 4.04. The topological polar surface area (TPSA) is 65.4 Å². The number of hydrogen-bond donors (Lipinski definition) is 1. The monoisotopic (exact) mass is 441 g/mol. The minimum absolute atomic E-state index is 0.103. The van der Waals surface area contributed by atoms with Crippen LogP contribution in [0.3, 0.4) is 0 Å². The SMILES string of the molecule is CC(C(=O)Nc1ccnn1Cc1ccc(Br)cc1)c1ccc2c(c1)OCCO2. The summed E-state index contributed by atoms with van der Waals surface area (Å²) in [6.07, 6.45) is 1.68. The molecule has 0 spiro atoms. The van der Waals surface area contributed by atoms with E-state index in [-0.39, 0.29) is 11.8 Å². The van der Waals surface area contributed by atoms with Crippen LogP contribution in [-0.4, -0.2) is 28.9 Å². The molecule has 28 heavy (non-hydrogen) atoms. The number of carbonyl (C=O) groups excluding carboxylic acids is 1. The van der Waals surface area contributed by atoms with E-state index < -0.39 is 0 Å². The second-order valence-electron chi connectivity index (χ2n) is 6.61. The largest absolute Gasteiger partial charge is 0.486 e. The van der Waals surface area contributed by atoms with Gasteiger partial charge in [0.05, 0.1) is 18.7 Å². The Kier molecular flexibility index (Phi) is 5.34. The highest BCUT2D eigenvalue weighted by Crippen LogP contribution is 2.33. The van der Waals surface area contributed by atoms with Gasteiger partial charge in [-0.2, -0.15) is 5.10 Å². The van der Waals surface area contributed by atoms with Gasteiger partial charge in [-0.1, -0.05) is 34.1 Å². The van der Waals surface area contributed by atoms with Crippen molar-refractivity contribution in [3.8, 4) is 11.5 Å². The average Bonchev–Trinajstić information content (AvgIpc) is 3.15. The van der Waals surface area contributed by atoms with Gasteiger partial charge in [0.2, 0.25) is 5.91 Å². The number of fused-ring (bicyclic) bond motifs is 1. The Morgan fingerprint density at radius 3 is 2.68 bits per heavy atom. The smallest absolute Gasteiger partial charge is 0.232 e. The molecule has 144 valence electrons. The van der Waals surface area contributed by atoms with Crippen LogP contribution in [0.5, 0.6) is 11.5 Å². The first-order chi connectivity index (χ1) is 13.6. The summed E-state index contributed by atoms with van der Waals surface area (Å²) in [7, 11) is 0. The Hall–Kier alpha value is -2.80. The highest BCUT2D eigenvalue weighted by molar-refractivity contribution is 9.10. The molecule has 0 saturated carbocycles. The summed E-state index contributed by atoms with van der Waals surface area (Å²) in [5.74, 6) is 1.62. The lowest BCUT2D eigenvalue weighted by molar-refractivity contribution is -0.117. The zero-order valence-corrected chi connectivity index (χ0v) is 17.0. The Morgan fingerprint density at radius 2 is 1.89 bits per heavy atom. The molecule has 3 aromatic rings. The van der Waals surface area contributed by atoms with Gasteiger partial charge in [0.15, 0.2) is 11.5 Å². The van der Waals surface area contributed by atoms with Crippen LogP contribution in [0.2, 0.25) is 0 Å². The Bertz CT molecular complexity index is 985. The van der Waals surface area contributed by atoms with E-state index in [9.17, 15) is 4.79 Å². The molecule has 0 fully saturated rings. The molecule has 0 bridgehead atoms. The van der Waals surface area contributed by atoms with Gasteiger partial charge in [0.25, 0.3) is 0 Å². The number of rotatable bonds is 5. The van der Waals surface area contributed by atoms with Crippen molar-refractivity contribution in [3.05, 3.63) is 70.3 Å². The van der Waals surface area contributed by atoms with Crippen LogP contribution < -0.4 is 14.8 Å². The molecule has 1 aliphatic rings. The first-order valence-electron chi connectivity index (χ1n) is 9.07. The lowest BCUT2D eigenvalue weighted by Gasteiger charge is -2.20. The van der Waals surface area contributed by atoms with Crippen LogP contribution in [-0.2, 0) is 11.3 Å². The number of aromatic nitrogens is 2. The average molecular weight is 442 g/mol. The second-order valence-corrected chi connectivity index (χ2v) is 7.53. The summed E-state index contributed by atoms with van der Waals surface area (Å²) in [6, 6.07) is 15.4. The van der Waals surface area contributed by atoms with Crippen molar-refractivity contribution in [1.82, 2.24) is 9.78 Å². The Labute approximate surface area is 171 Å². The summed E-state index contributed by atoms with van der Waals surface area (Å²) in [5.41, 5.74) is 1.98. The second kappa shape index (κ2) is 8.06. The van der Waals surface area contributed by atoms with Crippen LogP contribution in [0, 0.1) is 0 Å². The fourth-order valence-electron chi connectivity index (χ4n) is 3.04. The maximum Gasteiger partial charge on any atom is 0.232 e. The predicted octanol–water partition coefficient (Wildman–Crippen LogP) is 4.21. The molecule has 4 rings (SSSR count). The summed E-state index contributed by atoms with van der Waals surface area (Å²) >= 11 is 3.44. The van der Waals surface area contributed by atoms with Crippen LogP contribution in [0.1, 0.15) is 24.0 Å². The van der Waals surface area contributed by atoms with E-state index >= 15 is 0 Å². The highest BCUT2D eigenvalue weighted by atomic mass is 79.9.